The van der Waals surface area contributed by atoms with Crippen molar-refractivity contribution < 1.29 is 19.4 Å². The molecule has 1 saturated heterocycles. The first-order chi connectivity index (χ1) is 9.84. The second kappa shape index (κ2) is 6.12. The molecule has 1 amide bonds. The standard InChI is InChI=1S/C14H15Cl2NO4/c1-14(13(19)20)5-2-6-17(14)12(18)8-21-11-4-3-9(15)7-10(11)16/h3-4,7H,2,5-6,8H2,1H3,(H,19,20). The Hall–Kier alpha value is -1.46. The summed E-state index contributed by atoms with van der Waals surface area (Å²) in [5, 5.41) is 10.1. The highest BCUT2D eigenvalue weighted by atomic mass is 35.5. The molecular formula is C14H15Cl2NO4. The van der Waals surface area contributed by atoms with Gasteiger partial charge in [0.1, 0.15) is 11.3 Å². The van der Waals surface area contributed by atoms with Crippen LogP contribution in [0.3, 0.4) is 0 Å². The Morgan fingerprint density at radius 3 is 2.76 bits per heavy atom. The quantitative estimate of drug-likeness (QED) is 0.921. The van der Waals surface area contributed by atoms with Crippen molar-refractivity contribution in [2.75, 3.05) is 13.2 Å². The van der Waals surface area contributed by atoms with Gasteiger partial charge in [-0.25, -0.2) is 4.79 Å². The molecule has 1 atom stereocenters. The fraction of sp³-hybridized carbons (Fsp3) is 0.429. The molecule has 0 radical (unpaired) electrons. The number of halogens is 2. The Morgan fingerprint density at radius 2 is 2.14 bits per heavy atom. The topological polar surface area (TPSA) is 66.8 Å². The zero-order valence-electron chi connectivity index (χ0n) is 11.4. The predicted octanol–water partition coefficient (Wildman–Crippen LogP) is 2.84. The summed E-state index contributed by atoms with van der Waals surface area (Å²) in [6.07, 6.45) is 1.10. The molecular weight excluding hydrogens is 317 g/mol. The molecule has 1 aliphatic rings. The normalized spacial score (nSPS) is 21.4. The van der Waals surface area contributed by atoms with Crippen LogP contribution in [0.1, 0.15) is 19.8 Å². The van der Waals surface area contributed by atoms with Crippen molar-refractivity contribution in [1.29, 1.82) is 0 Å². The minimum atomic E-state index is -1.16. The molecule has 1 aromatic rings. The summed E-state index contributed by atoms with van der Waals surface area (Å²) in [5.41, 5.74) is -1.16. The Morgan fingerprint density at radius 1 is 1.43 bits per heavy atom. The number of aliphatic carboxylic acids is 1. The molecule has 1 heterocycles. The molecule has 2 rings (SSSR count). The lowest BCUT2D eigenvalue weighted by molar-refractivity contribution is -0.156. The number of carboxylic acids is 1. The molecule has 1 aromatic carbocycles. The zero-order chi connectivity index (χ0) is 15.6. The third-order valence-electron chi connectivity index (χ3n) is 3.65. The Labute approximate surface area is 132 Å². The van der Waals surface area contributed by atoms with Gasteiger partial charge in [-0.05, 0) is 38.0 Å². The van der Waals surface area contributed by atoms with Gasteiger partial charge in [0, 0.05) is 11.6 Å². The average molecular weight is 332 g/mol. The number of hydrogen-bond donors (Lipinski definition) is 1. The molecule has 0 bridgehead atoms. The summed E-state index contributed by atoms with van der Waals surface area (Å²) in [6, 6.07) is 4.68. The van der Waals surface area contributed by atoms with Crippen LogP contribution in [0.25, 0.3) is 0 Å². The van der Waals surface area contributed by atoms with Crippen molar-refractivity contribution in [3.05, 3.63) is 28.2 Å². The minimum absolute atomic E-state index is 0.260. The maximum atomic E-state index is 12.2. The van der Waals surface area contributed by atoms with Crippen LogP contribution in [0.2, 0.25) is 10.0 Å². The second-order valence-electron chi connectivity index (χ2n) is 5.09. The molecule has 7 heteroatoms. The monoisotopic (exact) mass is 331 g/mol. The first-order valence-corrected chi connectivity index (χ1v) is 7.22. The van der Waals surface area contributed by atoms with Crippen LogP contribution in [-0.4, -0.2) is 40.6 Å². The first kappa shape index (κ1) is 15.9. The molecule has 21 heavy (non-hydrogen) atoms. The van der Waals surface area contributed by atoms with Crippen LogP contribution in [0.5, 0.6) is 5.75 Å². The molecule has 0 aromatic heterocycles. The van der Waals surface area contributed by atoms with E-state index in [1.807, 2.05) is 0 Å². The van der Waals surface area contributed by atoms with Gasteiger partial charge in [0.05, 0.1) is 5.02 Å². The van der Waals surface area contributed by atoms with E-state index in [0.717, 1.165) is 0 Å². The van der Waals surface area contributed by atoms with Gasteiger partial charge in [0.2, 0.25) is 0 Å². The summed E-state index contributed by atoms with van der Waals surface area (Å²) in [7, 11) is 0. The smallest absolute Gasteiger partial charge is 0.329 e. The van der Waals surface area contributed by atoms with Gasteiger partial charge in [0.25, 0.3) is 5.91 Å². The molecule has 0 saturated carbocycles. The van der Waals surface area contributed by atoms with E-state index in [-0.39, 0.29) is 12.5 Å². The lowest BCUT2D eigenvalue weighted by Gasteiger charge is -2.31. The summed E-state index contributed by atoms with van der Waals surface area (Å²) in [4.78, 5) is 24.9. The number of amides is 1. The van der Waals surface area contributed by atoms with Crippen molar-refractivity contribution in [3.8, 4) is 5.75 Å². The third-order valence-corrected chi connectivity index (χ3v) is 4.18. The lowest BCUT2D eigenvalue weighted by atomic mass is 9.99. The van der Waals surface area contributed by atoms with Gasteiger partial charge in [-0.1, -0.05) is 23.2 Å². The van der Waals surface area contributed by atoms with E-state index < -0.39 is 11.5 Å². The highest BCUT2D eigenvalue weighted by Crippen LogP contribution is 2.30. The van der Waals surface area contributed by atoms with Gasteiger partial charge in [0.15, 0.2) is 6.61 Å². The number of rotatable bonds is 4. The number of likely N-dealkylation sites (tertiary alicyclic amines) is 1. The minimum Gasteiger partial charge on any atom is -0.482 e. The Balaban J connectivity index is 2.03. The van der Waals surface area contributed by atoms with E-state index in [1.165, 1.54) is 11.0 Å². The van der Waals surface area contributed by atoms with E-state index >= 15 is 0 Å². The fourth-order valence-corrected chi connectivity index (χ4v) is 2.86. The van der Waals surface area contributed by atoms with Crippen LogP contribution in [0, 0.1) is 0 Å². The largest absolute Gasteiger partial charge is 0.482 e. The van der Waals surface area contributed by atoms with E-state index in [2.05, 4.69) is 0 Å². The molecule has 1 aliphatic heterocycles. The maximum Gasteiger partial charge on any atom is 0.329 e. The van der Waals surface area contributed by atoms with Crippen molar-refractivity contribution in [1.82, 2.24) is 4.90 Å². The van der Waals surface area contributed by atoms with Crippen molar-refractivity contribution in [2.45, 2.75) is 25.3 Å². The number of carbonyl (C=O) groups is 2. The van der Waals surface area contributed by atoms with Gasteiger partial charge in [-0.15, -0.1) is 0 Å². The van der Waals surface area contributed by atoms with E-state index in [4.69, 9.17) is 27.9 Å². The second-order valence-corrected chi connectivity index (χ2v) is 5.93. The summed E-state index contributed by atoms with van der Waals surface area (Å²) in [6.45, 7) is 1.71. The van der Waals surface area contributed by atoms with Crippen LogP contribution in [-0.2, 0) is 9.59 Å². The molecule has 1 N–H and O–H groups in total. The highest BCUT2D eigenvalue weighted by molar-refractivity contribution is 6.35. The predicted molar refractivity (Wildman–Crippen MR) is 78.9 cm³/mol. The zero-order valence-corrected chi connectivity index (χ0v) is 12.9. The number of hydrogen-bond acceptors (Lipinski definition) is 3. The Kier molecular flexibility index (Phi) is 4.64. The van der Waals surface area contributed by atoms with Gasteiger partial charge in [-0.3, -0.25) is 4.79 Å². The number of ether oxygens (including phenoxy) is 1. The van der Waals surface area contributed by atoms with Crippen LogP contribution < -0.4 is 4.74 Å². The number of benzene rings is 1. The molecule has 114 valence electrons. The van der Waals surface area contributed by atoms with E-state index in [9.17, 15) is 14.7 Å². The van der Waals surface area contributed by atoms with Gasteiger partial charge in [-0.2, -0.15) is 0 Å². The van der Waals surface area contributed by atoms with Gasteiger partial charge < -0.3 is 14.7 Å². The molecule has 1 fully saturated rings. The summed E-state index contributed by atoms with van der Waals surface area (Å²) in [5.74, 6) is -1.04. The van der Waals surface area contributed by atoms with Gasteiger partial charge >= 0.3 is 5.97 Å². The van der Waals surface area contributed by atoms with E-state index in [1.54, 1.807) is 19.1 Å². The number of carboxylic acid groups (broad SMARTS) is 1. The molecule has 0 aliphatic carbocycles. The summed E-state index contributed by atoms with van der Waals surface area (Å²) >= 11 is 11.7. The molecule has 5 nitrogen and oxygen atoms in total. The van der Waals surface area contributed by atoms with Crippen molar-refractivity contribution >= 4 is 35.1 Å². The molecule has 1 unspecified atom stereocenters. The number of carbonyl (C=O) groups excluding carboxylic acids is 1. The van der Waals surface area contributed by atoms with Crippen LogP contribution in [0.15, 0.2) is 18.2 Å². The summed E-state index contributed by atoms with van der Waals surface area (Å²) < 4.78 is 5.36. The highest BCUT2D eigenvalue weighted by Gasteiger charge is 2.45. The molecule has 0 spiro atoms. The van der Waals surface area contributed by atoms with E-state index in [0.29, 0.717) is 35.2 Å². The fourth-order valence-electron chi connectivity index (χ4n) is 2.40. The van der Waals surface area contributed by atoms with Crippen molar-refractivity contribution in [2.24, 2.45) is 0 Å². The maximum absolute atomic E-state index is 12.2. The Bertz CT molecular complexity index is 578. The van der Waals surface area contributed by atoms with Crippen molar-refractivity contribution in [3.63, 3.8) is 0 Å². The number of nitrogens with zero attached hydrogens (tertiary/aromatic N) is 1. The third kappa shape index (κ3) is 3.24. The average Bonchev–Trinajstić information content (AvgIpc) is 2.81. The first-order valence-electron chi connectivity index (χ1n) is 6.46. The SMILES string of the molecule is CC1(C(=O)O)CCCN1C(=O)COc1ccc(Cl)cc1Cl. The van der Waals surface area contributed by atoms with Crippen LogP contribution >= 0.6 is 23.2 Å². The lowest BCUT2D eigenvalue weighted by Crippen LogP contribution is -2.52. The van der Waals surface area contributed by atoms with Crippen LogP contribution in [0.4, 0.5) is 0 Å².